The Balaban J connectivity index is 1.62. The summed E-state index contributed by atoms with van der Waals surface area (Å²) in [5.74, 6) is 0.673. The molecule has 2 amide bonds. The number of thiophene rings is 1. The molecule has 1 aliphatic rings. The van der Waals surface area contributed by atoms with E-state index in [2.05, 4.69) is 10.6 Å². The lowest BCUT2D eigenvalue weighted by molar-refractivity contribution is -0.119. The smallest absolute Gasteiger partial charge is 0.268 e. The number of fused-ring (bicyclic) bond motifs is 1. The molecule has 0 fully saturated rings. The zero-order chi connectivity index (χ0) is 24.3. The van der Waals surface area contributed by atoms with Gasteiger partial charge in [0.05, 0.1) is 13.2 Å². The molecule has 0 radical (unpaired) electrons. The van der Waals surface area contributed by atoms with Crippen LogP contribution >= 0.6 is 11.3 Å². The monoisotopic (exact) mass is 476 g/mol. The highest BCUT2D eigenvalue weighted by Gasteiger charge is 2.35. The van der Waals surface area contributed by atoms with Gasteiger partial charge in [0.1, 0.15) is 22.8 Å². The van der Waals surface area contributed by atoms with Crippen LogP contribution < -0.4 is 20.1 Å². The van der Waals surface area contributed by atoms with E-state index in [1.54, 1.807) is 25.3 Å². The molecular weight excluding hydrogens is 448 g/mol. The number of ether oxygens (including phenoxy) is 2. The van der Waals surface area contributed by atoms with Crippen LogP contribution in [0, 0.1) is 6.92 Å². The lowest BCUT2D eigenvalue weighted by atomic mass is 9.89. The summed E-state index contributed by atoms with van der Waals surface area (Å²) in [4.78, 5) is 27.4. The van der Waals surface area contributed by atoms with Gasteiger partial charge in [-0.3, -0.25) is 9.59 Å². The average molecular weight is 477 g/mol. The molecule has 6 nitrogen and oxygen atoms in total. The Labute approximate surface area is 203 Å². The van der Waals surface area contributed by atoms with E-state index >= 15 is 0 Å². The highest BCUT2D eigenvalue weighted by Crippen LogP contribution is 2.41. The Kier molecular flexibility index (Phi) is 6.75. The molecule has 0 spiro atoms. The summed E-state index contributed by atoms with van der Waals surface area (Å²) in [6.45, 7) is 5.83. The number of carbonyl (C=O) groups is 2. The second-order valence-electron chi connectivity index (χ2n) is 8.84. The summed E-state index contributed by atoms with van der Waals surface area (Å²) >= 11 is 1.49. The molecule has 4 rings (SSSR count). The number of hydrogen-bond acceptors (Lipinski definition) is 5. The minimum atomic E-state index is -0.487. The van der Waals surface area contributed by atoms with Gasteiger partial charge < -0.3 is 20.1 Å². The van der Waals surface area contributed by atoms with Gasteiger partial charge in [-0.05, 0) is 62.1 Å². The van der Waals surface area contributed by atoms with Crippen LogP contribution in [0.25, 0.3) is 6.08 Å². The molecule has 0 aliphatic carbocycles. The van der Waals surface area contributed by atoms with Crippen LogP contribution in [0.2, 0.25) is 0 Å². The molecule has 0 saturated heterocycles. The number of rotatable bonds is 6. The Morgan fingerprint density at radius 1 is 1.15 bits per heavy atom. The van der Waals surface area contributed by atoms with Crippen molar-refractivity contribution in [2.24, 2.45) is 0 Å². The Morgan fingerprint density at radius 2 is 1.94 bits per heavy atom. The van der Waals surface area contributed by atoms with E-state index in [9.17, 15) is 9.59 Å². The first-order valence-electron chi connectivity index (χ1n) is 11.1. The van der Waals surface area contributed by atoms with Gasteiger partial charge in [0.2, 0.25) is 0 Å². The molecule has 0 saturated carbocycles. The lowest BCUT2D eigenvalue weighted by Crippen LogP contribution is -2.43. The van der Waals surface area contributed by atoms with E-state index in [1.807, 2.05) is 68.6 Å². The number of aryl methyl sites for hydroxylation is 1. The van der Waals surface area contributed by atoms with Crippen molar-refractivity contribution >= 4 is 29.2 Å². The van der Waals surface area contributed by atoms with Gasteiger partial charge >= 0.3 is 0 Å². The molecule has 2 heterocycles. The van der Waals surface area contributed by atoms with Gasteiger partial charge in [-0.1, -0.05) is 24.3 Å². The van der Waals surface area contributed by atoms with Crippen molar-refractivity contribution in [3.8, 4) is 11.5 Å². The Bertz CT molecular complexity index is 1230. The molecule has 1 aromatic heterocycles. The molecule has 34 heavy (non-hydrogen) atoms. The Morgan fingerprint density at radius 3 is 2.65 bits per heavy atom. The minimum absolute atomic E-state index is 0.190. The number of amides is 2. The maximum atomic E-state index is 13.5. The fourth-order valence-electron chi connectivity index (χ4n) is 4.01. The summed E-state index contributed by atoms with van der Waals surface area (Å²) in [6.07, 6.45) is 2.28. The average Bonchev–Trinajstić information content (AvgIpc) is 3.30. The van der Waals surface area contributed by atoms with Gasteiger partial charge in [-0.25, -0.2) is 0 Å². The standard InChI is InChI=1S/C27H28N2O4S/c1-17-8-5-6-10-20(17)25(30)28-22(15-19-9-7-13-34-19)26(31)29-23-16-27(2,3)33-24-14-18(32-4)11-12-21(23)24/h5-15,23H,16H2,1-4H3,(H,28,30)(H,29,31)/b22-15-/t23-/m0/s1. The van der Waals surface area contributed by atoms with Crippen LogP contribution in [0.5, 0.6) is 11.5 Å². The molecule has 7 heteroatoms. The predicted octanol–water partition coefficient (Wildman–Crippen LogP) is 5.25. The lowest BCUT2D eigenvalue weighted by Gasteiger charge is -2.38. The maximum absolute atomic E-state index is 13.5. The van der Waals surface area contributed by atoms with Gasteiger partial charge in [-0.15, -0.1) is 11.3 Å². The van der Waals surface area contributed by atoms with E-state index in [1.165, 1.54) is 11.3 Å². The molecular formula is C27H28N2O4S. The molecule has 0 unspecified atom stereocenters. The number of carbonyl (C=O) groups excluding carboxylic acids is 2. The molecule has 176 valence electrons. The highest BCUT2D eigenvalue weighted by molar-refractivity contribution is 7.10. The fourth-order valence-corrected chi connectivity index (χ4v) is 4.67. The molecule has 2 aromatic carbocycles. The molecule has 1 atom stereocenters. The van der Waals surface area contributed by atoms with Crippen molar-refractivity contribution in [1.82, 2.24) is 10.6 Å². The van der Waals surface area contributed by atoms with Crippen LogP contribution in [-0.4, -0.2) is 24.5 Å². The van der Waals surface area contributed by atoms with E-state index < -0.39 is 5.60 Å². The summed E-state index contributed by atoms with van der Waals surface area (Å²) in [6, 6.07) is 16.4. The first kappa shape index (κ1) is 23.6. The van der Waals surface area contributed by atoms with Gasteiger partial charge in [-0.2, -0.15) is 0 Å². The topological polar surface area (TPSA) is 76.7 Å². The molecule has 3 aromatic rings. The number of hydrogen-bond donors (Lipinski definition) is 2. The number of methoxy groups -OCH3 is 1. The predicted molar refractivity (Wildman–Crippen MR) is 134 cm³/mol. The molecule has 1 aliphatic heterocycles. The fraction of sp³-hybridized carbons (Fsp3) is 0.259. The second-order valence-corrected chi connectivity index (χ2v) is 9.82. The quantitative estimate of drug-likeness (QED) is 0.476. The zero-order valence-electron chi connectivity index (χ0n) is 19.7. The van der Waals surface area contributed by atoms with Gasteiger partial charge in [0, 0.05) is 28.5 Å². The highest BCUT2D eigenvalue weighted by atomic mass is 32.1. The summed E-state index contributed by atoms with van der Waals surface area (Å²) < 4.78 is 11.5. The van der Waals surface area contributed by atoms with Crippen LogP contribution in [0.15, 0.2) is 65.7 Å². The van der Waals surface area contributed by atoms with Crippen molar-refractivity contribution in [1.29, 1.82) is 0 Å². The van der Waals surface area contributed by atoms with Crippen LogP contribution in [0.4, 0.5) is 0 Å². The van der Waals surface area contributed by atoms with Crippen molar-refractivity contribution in [3.05, 3.63) is 87.2 Å². The maximum Gasteiger partial charge on any atom is 0.268 e. The van der Waals surface area contributed by atoms with Crippen molar-refractivity contribution in [3.63, 3.8) is 0 Å². The minimum Gasteiger partial charge on any atom is -0.497 e. The van der Waals surface area contributed by atoms with E-state index in [0.29, 0.717) is 23.5 Å². The summed E-state index contributed by atoms with van der Waals surface area (Å²) in [5, 5.41) is 7.87. The summed E-state index contributed by atoms with van der Waals surface area (Å²) in [7, 11) is 1.60. The van der Waals surface area contributed by atoms with E-state index in [-0.39, 0.29) is 23.6 Å². The second kappa shape index (κ2) is 9.73. The van der Waals surface area contributed by atoms with Crippen molar-refractivity contribution in [2.45, 2.75) is 38.8 Å². The molecule has 0 bridgehead atoms. The first-order valence-corrected chi connectivity index (χ1v) is 11.9. The molecule has 2 N–H and O–H groups in total. The summed E-state index contributed by atoms with van der Waals surface area (Å²) in [5.41, 5.74) is 1.94. The van der Waals surface area contributed by atoms with Gasteiger partial charge in [0.25, 0.3) is 11.8 Å². The van der Waals surface area contributed by atoms with Crippen molar-refractivity contribution < 1.29 is 19.1 Å². The van der Waals surface area contributed by atoms with Crippen LogP contribution in [0.3, 0.4) is 0 Å². The third-order valence-corrected chi connectivity index (χ3v) is 6.52. The number of nitrogens with one attached hydrogen (secondary N) is 2. The third kappa shape index (κ3) is 5.31. The van der Waals surface area contributed by atoms with Gasteiger partial charge in [0.15, 0.2) is 0 Å². The number of benzene rings is 2. The van der Waals surface area contributed by atoms with E-state index in [0.717, 1.165) is 16.0 Å². The zero-order valence-corrected chi connectivity index (χ0v) is 20.5. The Hall–Kier alpha value is -3.58. The van der Waals surface area contributed by atoms with Crippen LogP contribution in [0.1, 0.15) is 52.7 Å². The normalized spacial score (nSPS) is 16.7. The third-order valence-electron chi connectivity index (χ3n) is 5.70. The first-order chi connectivity index (χ1) is 16.3. The van der Waals surface area contributed by atoms with E-state index in [4.69, 9.17) is 9.47 Å². The van der Waals surface area contributed by atoms with Crippen LogP contribution in [-0.2, 0) is 4.79 Å². The van der Waals surface area contributed by atoms with Crippen molar-refractivity contribution in [2.75, 3.05) is 7.11 Å². The largest absolute Gasteiger partial charge is 0.497 e. The SMILES string of the molecule is COc1ccc2c(c1)OC(C)(C)C[C@@H]2NC(=O)/C(=C/c1cccs1)NC(=O)c1ccccc1C.